The Morgan fingerprint density at radius 1 is 1.04 bits per heavy atom. The number of amides is 1. The first-order chi connectivity index (χ1) is 11.5. The van der Waals surface area contributed by atoms with Crippen LogP contribution >= 0.6 is 0 Å². The van der Waals surface area contributed by atoms with Gasteiger partial charge < -0.3 is 24.6 Å². The van der Waals surface area contributed by atoms with Crippen molar-refractivity contribution in [3.63, 3.8) is 0 Å². The van der Waals surface area contributed by atoms with Crippen LogP contribution in [0.25, 0.3) is 0 Å². The third-order valence-electron chi connectivity index (χ3n) is 3.13. The van der Waals surface area contributed by atoms with E-state index in [1.807, 2.05) is 0 Å². The van der Waals surface area contributed by atoms with Crippen molar-refractivity contribution in [3.8, 4) is 17.2 Å². The van der Waals surface area contributed by atoms with Gasteiger partial charge in [0.1, 0.15) is 11.3 Å². The van der Waals surface area contributed by atoms with Gasteiger partial charge in [-0.1, -0.05) is 12.1 Å². The van der Waals surface area contributed by atoms with E-state index in [0.29, 0.717) is 17.2 Å². The average Bonchev–Trinajstić information content (AvgIpc) is 2.60. The Morgan fingerprint density at radius 3 is 2.42 bits per heavy atom. The Labute approximate surface area is 138 Å². The number of esters is 1. The fourth-order valence-corrected chi connectivity index (χ4v) is 1.97. The molecule has 0 bridgehead atoms. The summed E-state index contributed by atoms with van der Waals surface area (Å²) in [6.07, 6.45) is 0. The van der Waals surface area contributed by atoms with Crippen LogP contribution < -0.4 is 14.8 Å². The lowest BCUT2D eigenvalue weighted by Gasteiger charge is -2.11. The molecular formula is C17H17NO6. The Balaban J connectivity index is 1.94. The molecule has 0 aliphatic rings. The van der Waals surface area contributed by atoms with Crippen molar-refractivity contribution in [2.75, 3.05) is 26.1 Å². The molecule has 0 heterocycles. The molecule has 2 aromatic rings. The standard InChI is InChI=1S/C17H17NO6/c1-22-14-8-7-11(9-15(14)23-2)18-16(20)10-24-17(21)12-5-3-4-6-13(12)19/h3-9,19H,10H2,1-2H3,(H,18,20). The maximum Gasteiger partial charge on any atom is 0.342 e. The average molecular weight is 331 g/mol. The molecule has 2 N–H and O–H groups in total. The molecule has 1 amide bonds. The van der Waals surface area contributed by atoms with Gasteiger partial charge in [-0.2, -0.15) is 0 Å². The molecule has 0 atom stereocenters. The molecule has 0 saturated carbocycles. The minimum atomic E-state index is -0.782. The summed E-state index contributed by atoms with van der Waals surface area (Å²) in [5.41, 5.74) is 0.465. The van der Waals surface area contributed by atoms with Crippen molar-refractivity contribution in [2.24, 2.45) is 0 Å². The normalized spacial score (nSPS) is 9.92. The Bertz CT molecular complexity index is 744. The molecule has 126 valence electrons. The third kappa shape index (κ3) is 4.16. The van der Waals surface area contributed by atoms with Gasteiger partial charge in [-0.25, -0.2) is 4.79 Å². The molecule has 0 aromatic heterocycles. The van der Waals surface area contributed by atoms with E-state index in [-0.39, 0.29) is 11.3 Å². The van der Waals surface area contributed by atoms with Gasteiger partial charge in [0.05, 0.1) is 14.2 Å². The molecule has 0 aliphatic carbocycles. The summed E-state index contributed by atoms with van der Waals surface area (Å²) in [6.45, 7) is -0.485. The van der Waals surface area contributed by atoms with Crippen molar-refractivity contribution >= 4 is 17.6 Å². The number of carbonyl (C=O) groups is 2. The number of carbonyl (C=O) groups excluding carboxylic acids is 2. The van der Waals surface area contributed by atoms with Crippen LogP contribution in [0.2, 0.25) is 0 Å². The maximum atomic E-state index is 11.9. The van der Waals surface area contributed by atoms with Gasteiger partial charge in [0.25, 0.3) is 5.91 Å². The van der Waals surface area contributed by atoms with Crippen LogP contribution in [-0.2, 0) is 9.53 Å². The summed E-state index contributed by atoms with van der Waals surface area (Å²) in [5.74, 6) is -0.521. The van der Waals surface area contributed by atoms with E-state index >= 15 is 0 Å². The molecule has 0 unspecified atom stereocenters. The highest BCUT2D eigenvalue weighted by molar-refractivity contribution is 5.96. The minimum Gasteiger partial charge on any atom is -0.507 e. The lowest BCUT2D eigenvalue weighted by atomic mass is 10.2. The second kappa shape index (κ2) is 7.87. The van der Waals surface area contributed by atoms with E-state index in [1.165, 1.54) is 26.4 Å². The van der Waals surface area contributed by atoms with Crippen LogP contribution in [0, 0.1) is 0 Å². The predicted molar refractivity (Wildman–Crippen MR) is 86.6 cm³/mol. The molecular weight excluding hydrogens is 314 g/mol. The number of aromatic hydroxyl groups is 1. The molecule has 2 rings (SSSR count). The first-order valence-corrected chi connectivity index (χ1v) is 7.02. The number of phenolic OH excluding ortho intramolecular Hbond substituents is 1. The quantitative estimate of drug-likeness (QED) is 0.788. The fourth-order valence-electron chi connectivity index (χ4n) is 1.97. The van der Waals surface area contributed by atoms with Gasteiger partial charge in [-0.15, -0.1) is 0 Å². The molecule has 0 fully saturated rings. The second-order valence-electron chi connectivity index (χ2n) is 4.71. The molecule has 7 heteroatoms. The summed E-state index contributed by atoms with van der Waals surface area (Å²) in [6, 6.07) is 10.8. The summed E-state index contributed by atoms with van der Waals surface area (Å²) >= 11 is 0. The van der Waals surface area contributed by atoms with E-state index in [0.717, 1.165) is 0 Å². The van der Waals surface area contributed by atoms with E-state index in [4.69, 9.17) is 14.2 Å². The van der Waals surface area contributed by atoms with E-state index < -0.39 is 18.5 Å². The highest BCUT2D eigenvalue weighted by Crippen LogP contribution is 2.29. The van der Waals surface area contributed by atoms with E-state index in [2.05, 4.69) is 5.32 Å². The van der Waals surface area contributed by atoms with Gasteiger partial charge >= 0.3 is 5.97 Å². The van der Waals surface area contributed by atoms with Gasteiger partial charge in [-0.05, 0) is 24.3 Å². The number of anilines is 1. The number of nitrogens with one attached hydrogen (secondary N) is 1. The van der Waals surface area contributed by atoms with Crippen molar-refractivity contribution in [2.45, 2.75) is 0 Å². The topological polar surface area (TPSA) is 94.1 Å². The van der Waals surface area contributed by atoms with E-state index in [9.17, 15) is 14.7 Å². The van der Waals surface area contributed by atoms with Gasteiger partial charge in [0, 0.05) is 11.8 Å². The molecule has 0 radical (unpaired) electrons. The van der Waals surface area contributed by atoms with Gasteiger partial charge in [0.15, 0.2) is 18.1 Å². The summed E-state index contributed by atoms with van der Waals surface area (Å²) in [5, 5.41) is 12.1. The minimum absolute atomic E-state index is 0.00332. The van der Waals surface area contributed by atoms with E-state index in [1.54, 1.807) is 30.3 Å². The molecule has 0 spiro atoms. The SMILES string of the molecule is COc1ccc(NC(=O)COC(=O)c2ccccc2O)cc1OC. The number of hydrogen-bond acceptors (Lipinski definition) is 6. The summed E-state index contributed by atoms with van der Waals surface area (Å²) in [4.78, 5) is 23.7. The predicted octanol–water partition coefficient (Wildman–Crippen LogP) is 2.20. The molecule has 2 aromatic carbocycles. The Morgan fingerprint density at radius 2 is 1.75 bits per heavy atom. The zero-order chi connectivity index (χ0) is 17.5. The summed E-state index contributed by atoms with van der Waals surface area (Å²) in [7, 11) is 2.99. The maximum absolute atomic E-state index is 11.9. The monoisotopic (exact) mass is 331 g/mol. The lowest BCUT2D eigenvalue weighted by Crippen LogP contribution is -2.21. The van der Waals surface area contributed by atoms with Crippen LogP contribution in [0.5, 0.6) is 17.2 Å². The second-order valence-corrected chi connectivity index (χ2v) is 4.71. The van der Waals surface area contributed by atoms with Crippen LogP contribution in [-0.4, -0.2) is 37.8 Å². The number of rotatable bonds is 6. The number of benzene rings is 2. The first kappa shape index (κ1) is 17.1. The van der Waals surface area contributed by atoms with Crippen molar-refractivity contribution in [1.82, 2.24) is 0 Å². The van der Waals surface area contributed by atoms with Crippen LogP contribution in [0.4, 0.5) is 5.69 Å². The Hall–Kier alpha value is -3.22. The third-order valence-corrected chi connectivity index (χ3v) is 3.13. The number of phenols is 1. The Kier molecular flexibility index (Phi) is 5.62. The highest BCUT2D eigenvalue weighted by Gasteiger charge is 2.14. The number of ether oxygens (including phenoxy) is 3. The van der Waals surface area contributed by atoms with Gasteiger partial charge in [-0.3, -0.25) is 4.79 Å². The van der Waals surface area contributed by atoms with Crippen molar-refractivity contribution in [3.05, 3.63) is 48.0 Å². The van der Waals surface area contributed by atoms with Crippen LogP contribution in [0.15, 0.2) is 42.5 Å². The molecule has 0 aliphatic heterocycles. The largest absolute Gasteiger partial charge is 0.507 e. The van der Waals surface area contributed by atoms with Gasteiger partial charge in [0.2, 0.25) is 0 Å². The number of methoxy groups -OCH3 is 2. The zero-order valence-corrected chi connectivity index (χ0v) is 13.2. The highest BCUT2D eigenvalue weighted by atomic mass is 16.5. The lowest BCUT2D eigenvalue weighted by molar-refractivity contribution is -0.119. The fraction of sp³-hybridized carbons (Fsp3) is 0.176. The first-order valence-electron chi connectivity index (χ1n) is 7.02. The van der Waals surface area contributed by atoms with Crippen molar-refractivity contribution < 1.29 is 28.9 Å². The number of para-hydroxylation sites is 1. The molecule has 24 heavy (non-hydrogen) atoms. The molecule has 0 saturated heterocycles. The zero-order valence-electron chi connectivity index (χ0n) is 13.2. The summed E-state index contributed by atoms with van der Waals surface area (Å²) < 4.78 is 15.1. The van der Waals surface area contributed by atoms with Crippen LogP contribution in [0.3, 0.4) is 0 Å². The smallest absolute Gasteiger partial charge is 0.342 e. The number of hydrogen-bond donors (Lipinski definition) is 2. The molecule has 7 nitrogen and oxygen atoms in total. The van der Waals surface area contributed by atoms with Crippen LogP contribution in [0.1, 0.15) is 10.4 Å². The van der Waals surface area contributed by atoms with Crippen molar-refractivity contribution in [1.29, 1.82) is 0 Å².